The van der Waals surface area contributed by atoms with Crippen molar-refractivity contribution in [1.29, 1.82) is 0 Å². The Morgan fingerprint density at radius 3 is 3.07 bits per heavy atom. The van der Waals surface area contributed by atoms with E-state index in [1.165, 1.54) is 5.56 Å². The molecular weight excluding hydrogens is 194 g/mol. The Hall–Kier alpha value is -1.42. The minimum Gasteiger partial charge on any atom is -0.366 e. The van der Waals surface area contributed by atoms with Crippen LogP contribution in [-0.4, -0.2) is 9.97 Å². The summed E-state index contributed by atoms with van der Waals surface area (Å²) in [5.74, 6) is 1.67. The Kier molecular flexibility index (Phi) is 2.74. The van der Waals surface area contributed by atoms with Crippen LogP contribution in [0.4, 0.5) is 5.82 Å². The molecule has 0 aliphatic carbocycles. The van der Waals surface area contributed by atoms with Gasteiger partial charge in [-0.25, -0.2) is 9.97 Å². The number of nitrogens with one attached hydrogen (secondary N) is 1. The summed E-state index contributed by atoms with van der Waals surface area (Å²) >= 11 is 1.71. The highest BCUT2D eigenvalue weighted by molar-refractivity contribution is 7.07. The summed E-state index contributed by atoms with van der Waals surface area (Å²) in [5, 5.41) is 7.44. The predicted molar refractivity (Wildman–Crippen MR) is 58.4 cm³/mol. The summed E-state index contributed by atoms with van der Waals surface area (Å²) in [6.45, 7) is 2.70. The fraction of sp³-hybridized carbons (Fsp3) is 0.200. The second-order valence-corrected chi connectivity index (χ2v) is 3.75. The molecule has 2 aromatic rings. The lowest BCUT2D eigenvalue weighted by atomic mass is 10.3. The van der Waals surface area contributed by atoms with Crippen LogP contribution in [0.5, 0.6) is 0 Å². The molecule has 1 N–H and O–H groups in total. The van der Waals surface area contributed by atoms with Crippen molar-refractivity contribution in [2.75, 3.05) is 5.32 Å². The highest BCUT2D eigenvalue weighted by Gasteiger charge is 1.95. The first-order valence-electron chi connectivity index (χ1n) is 4.39. The van der Waals surface area contributed by atoms with E-state index in [1.54, 1.807) is 17.5 Å². The van der Waals surface area contributed by atoms with Gasteiger partial charge in [0.15, 0.2) is 0 Å². The molecule has 0 atom stereocenters. The first kappa shape index (κ1) is 9.15. The molecule has 0 saturated heterocycles. The van der Waals surface area contributed by atoms with Crippen molar-refractivity contribution in [3.05, 3.63) is 40.5 Å². The fourth-order valence-corrected chi connectivity index (χ4v) is 1.81. The van der Waals surface area contributed by atoms with Gasteiger partial charge in [-0.15, -0.1) is 0 Å². The van der Waals surface area contributed by atoms with Crippen LogP contribution in [-0.2, 0) is 6.54 Å². The highest BCUT2D eigenvalue weighted by atomic mass is 32.1. The second kappa shape index (κ2) is 4.19. The van der Waals surface area contributed by atoms with Crippen LogP contribution >= 0.6 is 11.3 Å². The topological polar surface area (TPSA) is 37.8 Å². The number of anilines is 1. The van der Waals surface area contributed by atoms with E-state index in [0.29, 0.717) is 0 Å². The van der Waals surface area contributed by atoms with Crippen LogP contribution in [0.15, 0.2) is 29.1 Å². The molecule has 0 saturated carbocycles. The van der Waals surface area contributed by atoms with Gasteiger partial charge in [-0.2, -0.15) is 11.3 Å². The smallest absolute Gasteiger partial charge is 0.129 e. The zero-order chi connectivity index (χ0) is 9.80. The molecule has 0 aliphatic rings. The van der Waals surface area contributed by atoms with E-state index in [2.05, 4.69) is 32.1 Å². The maximum Gasteiger partial charge on any atom is 0.129 e. The van der Waals surface area contributed by atoms with Gasteiger partial charge in [-0.05, 0) is 35.4 Å². The summed E-state index contributed by atoms with van der Waals surface area (Å²) in [5.41, 5.74) is 1.28. The quantitative estimate of drug-likeness (QED) is 0.836. The number of hydrogen-bond donors (Lipinski definition) is 1. The molecule has 0 aliphatic heterocycles. The van der Waals surface area contributed by atoms with Crippen molar-refractivity contribution in [2.45, 2.75) is 13.5 Å². The van der Waals surface area contributed by atoms with Crippen LogP contribution in [0.2, 0.25) is 0 Å². The van der Waals surface area contributed by atoms with E-state index in [4.69, 9.17) is 0 Å². The van der Waals surface area contributed by atoms with Gasteiger partial charge in [0.25, 0.3) is 0 Å². The summed E-state index contributed by atoms with van der Waals surface area (Å²) in [6, 6.07) is 3.98. The average Bonchev–Trinajstić information content (AvgIpc) is 2.67. The molecule has 2 rings (SSSR count). The molecule has 2 heterocycles. The molecular formula is C10H11N3S. The van der Waals surface area contributed by atoms with Crippen LogP contribution in [0.1, 0.15) is 11.4 Å². The first-order valence-corrected chi connectivity index (χ1v) is 5.33. The summed E-state index contributed by atoms with van der Waals surface area (Å²) in [6.07, 6.45) is 1.76. The SMILES string of the molecule is Cc1nccc(NCc2ccsc2)n1. The lowest BCUT2D eigenvalue weighted by Crippen LogP contribution is -2.01. The molecule has 2 aromatic heterocycles. The third kappa shape index (κ3) is 2.29. The van der Waals surface area contributed by atoms with E-state index >= 15 is 0 Å². The van der Waals surface area contributed by atoms with Gasteiger partial charge in [0, 0.05) is 12.7 Å². The Morgan fingerprint density at radius 1 is 1.43 bits per heavy atom. The van der Waals surface area contributed by atoms with Crippen molar-refractivity contribution >= 4 is 17.2 Å². The van der Waals surface area contributed by atoms with Gasteiger partial charge in [0.05, 0.1) is 0 Å². The van der Waals surface area contributed by atoms with Crippen molar-refractivity contribution in [3.8, 4) is 0 Å². The van der Waals surface area contributed by atoms with Crippen molar-refractivity contribution in [1.82, 2.24) is 9.97 Å². The zero-order valence-electron chi connectivity index (χ0n) is 7.90. The van der Waals surface area contributed by atoms with Gasteiger partial charge in [-0.1, -0.05) is 0 Å². The molecule has 0 spiro atoms. The van der Waals surface area contributed by atoms with Crippen molar-refractivity contribution < 1.29 is 0 Å². The summed E-state index contributed by atoms with van der Waals surface area (Å²) in [4.78, 5) is 8.29. The second-order valence-electron chi connectivity index (χ2n) is 2.97. The predicted octanol–water partition coefficient (Wildman–Crippen LogP) is 2.46. The Bertz CT molecular complexity index is 398. The maximum atomic E-state index is 4.25. The standard InChI is InChI=1S/C10H11N3S/c1-8-11-4-2-10(13-8)12-6-9-3-5-14-7-9/h2-5,7H,6H2,1H3,(H,11,12,13). The Balaban J connectivity index is 1.98. The number of hydrogen-bond acceptors (Lipinski definition) is 4. The lowest BCUT2D eigenvalue weighted by molar-refractivity contribution is 1.02. The van der Waals surface area contributed by atoms with Crippen LogP contribution in [0, 0.1) is 6.92 Å². The number of aryl methyl sites for hydroxylation is 1. The van der Waals surface area contributed by atoms with E-state index in [0.717, 1.165) is 18.2 Å². The van der Waals surface area contributed by atoms with E-state index in [9.17, 15) is 0 Å². The molecule has 72 valence electrons. The van der Waals surface area contributed by atoms with E-state index < -0.39 is 0 Å². The Labute approximate surface area is 86.8 Å². The number of nitrogens with zero attached hydrogens (tertiary/aromatic N) is 2. The average molecular weight is 205 g/mol. The van der Waals surface area contributed by atoms with E-state index in [1.807, 2.05) is 13.0 Å². The van der Waals surface area contributed by atoms with Gasteiger partial charge in [0.2, 0.25) is 0 Å². The number of rotatable bonds is 3. The normalized spacial score (nSPS) is 10.1. The molecule has 4 heteroatoms. The highest BCUT2D eigenvalue weighted by Crippen LogP contribution is 2.08. The van der Waals surface area contributed by atoms with Crippen molar-refractivity contribution in [2.24, 2.45) is 0 Å². The van der Waals surface area contributed by atoms with Gasteiger partial charge in [-0.3, -0.25) is 0 Å². The van der Waals surface area contributed by atoms with Gasteiger partial charge < -0.3 is 5.32 Å². The molecule has 0 unspecified atom stereocenters. The summed E-state index contributed by atoms with van der Waals surface area (Å²) in [7, 11) is 0. The minimum absolute atomic E-state index is 0.792. The third-order valence-corrected chi connectivity index (χ3v) is 2.56. The fourth-order valence-electron chi connectivity index (χ4n) is 1.14. The van der Waals surface area contributed by atoms with Crippen molar-refractivity contribution in [3.63, 3.8) is 0 Å². The molecule has 0 radical (unpaired) electrons. The number of aromatic nitrogens is 2. The largest absolute Gasteiger partial charge is 0.366 e. The maximum absolute atomic E-state index is 4.25. The molecule has 0 aromatic carbocycles. The van der Waals surface area contributed by atoms with Gasteiger partial charge in [0.1, 0.15) is 11.6 Å². The lowest BCUT2D eigenvalue weighted by Gasteiger charge is -2.03. The molecule has 0 fully saturated rings. The zero-order valence-corrected chi connectivity index (χ0v) is 8.71. The van der Waals surface area contributed by atoms with E-state index in [-0.39, 0.29) is 0 Å². The Morgan fingerprint density at radius 2 is 2.36 bits per heavy atom. The van der Waals surface area contributed by atoms with Crippen LogP contribution < -0.4 is 5.32 Å². The van der Waals surface area contributed by atoms with Gasteiger partial charge >= 0.3 is 0 Å². The first-order chi connectivity index (χ1) is 6.84. The molecule has 0 bridgehead atoms. The van der Waals surface area contributed by atoms with Crippen LogP contribution in [0.25, 0.3) is 0 Å². The summed E-state index contributed by atoms with van der Waals surface area (Å²) < 4.78 is 0. The molecule has 3 nitrogen and oxygen atoms in total. The minimum atomic E-state index is 0.792. The third-order valence-electron chi connectivity index (χ3n) is 1.83. The molecule has 0 amide bonds. The van der Waals surface area contributed by atoms with Crippen LogP contribution in [0.3, 0.4) is 0 Å². The molecule has 14 heavy (non-hydrogen) atoms. The number of thiophene rings is 1. The monoisotopic (exact) mass is 205 g/mol.